The molecule has 0 aliphatic heterocycles. The van der Waals surface area contributed by atoms with Crippen LogP contribution in [0.3, 0.4) is 0 Å². The third-order valence-corrected chi connectivity index (χ3v) is 9.09. The summed E-state index contributed by atoms with van der Waals surface area (Å²) < 4.78 is 37.6. The van der Waals surface area contributed by atoms with Crippen LogP contribution in [0.2, 0.25) is 0 Å². The Morgan fingerprint density at radius 2 is 1.77 bits per heavy atom. The second kappa shape index (κ2) is 7.10. The van der Waals surface area contributed by atoms with Crippen molar-refractivity contribution in [1.29, 1.82) is 0 Å². The van der Waals surface area contributed by atoms with Crippen molar-refractivity contribution in [3.05, 3.63) is 0 Å². The Labute approximate surface area is 179 Å². The molecule has 4 rings (SSSR count). The summed E-state index contributed by atoms with van der Waals surface area (Å²) in [4.78, 5) is 12.4. The van der Waals surface area contributed by atoms with Crippen molar-refractivity contribution in [2.24, 2.45) is 34.5 Å². The minimum Gasteiger partial charge on any atom is -0.726 e. The predicted molar refractivity (Wildman–Crippen MR) is 91.3 cm³/mol. The molecule has 0 aromatic carbocycles. The summed E-state index contributed by atoms with van der Waals surface area (Å²) in [6, 6.07) is 0. The normalized spacial score (nSPS) is 48.1. The van der Waals surface area contributed by atoms with Crippen molar-refractivity contribution < 1.29 is 51.5 Å². The number of ketones is 1. The molecular weight excluding hydrogens is 363 g/mol. The van der Waals surface area contributed by atoms with Crippen LogP contribution in [0, 0.1) is 34.5 Å². The third kappa shape index (κ3) is 3.37. The maximum absolute atomic E-state index is 12.4. The Morgan fingerprint density at radius 1 is 1.04 bits per heavy atom. The topological polar surface area (TPSA) is 83.5 Å². The number of fused-ring (bicyclic) bond motifs is 5. The van der Waals surface area contributed by atoms with E-state index in [1.54, 1.807) is 0 Å². The quantitative estimate of drug-likeness (QED) is 0.387. The van der Waals surface area contributed by atoms with Gasteiger partial charge < -0.3 is 4.55 Å². The second-order valence-corrected chi connectivity index (χ2v) is 10.5. The number of Topliss-reactive ketones (excluding diaryl/α,β-unsaturated/α-hetero) is 1. The molecule has 0 aromatic heterocycles. The van der Waals surface area contributed by atoms with E-state index in [2.05, 4.69) is 13.8 Å². The van der Waals surface area contributed by atoms with Gasteiger partial charge in [0.05, 0.1) is 6.10 Å². The number of rotatable bonds is 2. The number of carbonyl (C=O) groups excluding carboxylic acids is 1. The molecule has 0 amide bonds. The molecule has 4 aliphatic carbocycles. The van der Waals surface area contributed by atoms with Gasteiger partial charge >= 0.3 is 29.6 Å². The van der Waals surface area contributed by atoms with Gasteiger partial charge in [-0.15, -0.1) is 0 Å². The maximum atomic E-state index is 12.4. The first-order valence-corrected chi connectivity index (χ1v) is 11.1. The standard InChI is InChI=1S/C19H30O5S.Na/c1-18-9-7-13(24-25(21,22)23)11-12(18)3-4-14-15-5-6-17(20)19(15,2)10-8-16(14)18;/h12-16H,3-11H2,1-2H3,(H,21,22,23);/q;+1/p-1/t12-,13-,14-,15-,16-,18-,19-;/m0./s1. The van der Waals surface area contributed by atoms with Crippen molar-refractivity contribution in [1.82, 2.24) is 0 Å². The summed E-state index contributed by atoms with van der Waals surface area (Å²) in [5.41, 5.74) is 0.101. The van der Waals surface area contributed by atoms with Gasteiger partial charge in [-0.3, -0.25) is 8.98 Å². The minimum absolute atomic E-state index is 0. The van der Waals surface area contributed by atoms with E-state index in [1.807, 2.05) is 0 Å². The fourth-order valence-electron chi connectivity index (χ4n) is 7.24. The van der Waals surface area contributed by atoms with Crippen LogP contribution in [-0.4, -0.2) is 24.9 Å². The Bertz CT molecular complexity index is 679. The van der Waals surface area contributed by atoms with E-state index in [9.17, 15) is 17.8 Å². The molecule has 4 aliphatic rings. The largest absolute Gasteiger partial charge is 1.00 e. The summed E-state index contributed by atoms with van der Waals surface area (Å²) in [7, 11) is -4.62. The predicted octanol–water partition coefficient (Wildman–Crippen LogP) is 0.448. The smallest absolute Gasteiger partial charge is 0.726 e. The van der Waals surface area contributed by atoms with Gasteiger partial charge in [-0.25, -0.2) is 8.42 Å². The Balaban J connectivity index is 0.00000196. The zero-order chi connectivity index (χ0) is 18.0. The first-order valence-electron chi connectivity index (χ1n) is 9.81. The zero-order valence-corrected chi connectivity index (χ0v) is 19.0. The molecule has 0 unspecified atom stereocenters. The minimum atomic E-state index is -4.62. The average molecular weight is 392 g/mol. The van der Waals surface area contributed by atoms with Crippen LogP contribution in [0.15, 0.2) is 0 Å². The number of carbonyl (C=O) groups is 1. The van der Waals surface area contributed by atoms with E-state index in [4.69, 9.17) is 4.18 Å². The van der Waals surface area contributed by atoms with Crippen molar-refractivity contribution in [2.45, 2.75) is 77.7 Å². The van der Waals surface area contributed by atoms with Crippen molar-refractivity contribution in [2.75, 3.05) is 0 Å². The van der Waals surface area contributed by atoms with Crippen LogP contribution in [0.25, 0.3) is 0 Å². The monoisotopic (exact) mass is 392 g/mol. The van der Waals surface area contributed by atoms with Crippen molar-refractivity contribution in [3.63, 3.8) is 0 Å². The fourth-order valence-corrected chi connectivity index (χ4v) is 7.75. The molecular formula is C19H29NaO5S. The molecule has 0 aromatic rings. The molecule has 0 saturated heterocycles. The Hall–Kier alpha value is 0.540. The number of hydrogen-bond acceptors (Lipinski definition) is 5. The molecule has 5 nitrogen and oxygen atoms in total. The average Bonchev–Trinajstić information content (AvgIpc) is 2.82. The fraction of sp³-hybridized carbons (Fsp3) is 0.947. The van der Waals surface area contributed by atoms with Gasteiger partial charge in [-0.1, -0.05) is 13.8 Å². The SMILES string of the molecule is C[C@]12CC[C@H](OS(=O)(=O)[O-])C[C@@H]1CC[C@@H]1[C@@H]2CC[C@]2(C)C(=O)CC[C@@H]12.[Na+]. The summed E-state index contributed by atoms with van der Waals surface area (Å²) in [6.45, 7) is 4.57. The van der Waals surface area contributed by atoms with E-state index in [-0.39, 0.29) is 40.4 Å². The molecule has 142 valence electrons. The van der Waals surface area contributed by atoms with Gasteiger partial charge in [0.15, 0.2) is 0 Å². The van der Waals surface area contributed by atoms with Crippen LogP contribution in [0.4, 0.5) is 0 Å². The van der Waals surface area contributed by atoms with Crippen LogP contribution in [-0.2, 0) is 19.4 Å². The maximum Gasteiger partial charge on any atom is 1.00 e. The first kappa shape index (κ1) is 21.3. The third-order valence-electron chi connectivity index (χ3n) is 8.58. The van der Waals surface area contributed by atoms with Crippen LogP contribution < -0.4 is 29.6 Å². The van der Waals surface area contributed by atoms with E-state index < -0.39 is 16.5 Å². The molecule has 0 N–H and O–H groups in total. The molecule has 0 spiro atoms. The van der Waals surface area contributed by atoms with E-state index in [0.29, 0.717) is 42.3 Å². The summed E-state index contributed by atoms with van der Waals surface area (Å²) in [5.74, 6) is 2.69. The van der Waals surface area contributed by atoms with Gasteiger partial charge in [0, 0.05) is 11.8 Å². The second-order valence-electron chi connectivity index (χ2n) is 9.48. The van der Waals surface area contributed by atoms with Crippen molar-refractivity contribution in [3.8, 4) is 0 Å². The summed E-state index contributed by atoms with van der Waals surface area (Å²) in [6.07, 6.45) is 7.94. The number of hydrogen-bond donors (Lipinski definition) is 0. The molecule has 4 saturated carbocycles. The Kier molecular flexibility index (Phi) is 5.80. The van der Waals surface area contributed by atoms with Crippen LogP contribution in [0.1, 0.15) is 71.6 Å². The van der Waals surface area contributed by atoms with E-state index >= 15 is 0 Å². The molecule has 7 atom stereocenters. The van der Waals surface area contributed by atoms with Crippen molar-refractivity contribution >= 4 is 16.2 Å². The molecule has 0 radical (unpaired) electrons. The molecule has 4 fully saturated rings. The summed E-state index contributed by atoms with van der Waals surface area (Å²) in [5, 5.41) is 0. The molecule has 7 heteroatoms. The van der Waals surface area contributed by atoms with Crippen LogP contribution >= 0.6 is 0 Å². The van der Waals surface area contributed by atoms with Crippen LogP contribution in [0.5, 0.6) is 0 Å². The molecule has 0 heterocycles. The van der Waals surface area contributed by atoms with Gasteiger partial charge in [-0.05, 0) is 80.5 Å². The molecule has 0 bridgehead atoms. The van der Waals surface area contributed by atoms with Gasteiger partial charge in [-0.2, -0.15) is 0 Å². The van der Waals surface area contributed by atoms with Gasteiger partial charge in [0.2, 0.25) is 10.4 Å². The molecule has 26 heavy (non-hydrogen) atoms. The van der Waals surface area contributed by atoms with Gasteiger partial charge in [0.1, 0.15) is 5.78 Å². The van der Waals surface area contributed by atoms with Gasteiger partial charge in [0.25, 0.3) is 0 Å². The Morgan fingerprint density at radius 3 is 2.46 bits per heavy atom. The first-order chi connectivity index (χ1) is 11.6. The zero-order valence-electron chi connectivity index (χ0n) is 16.2. The summed E-state index contributed by atoms with van der Waals surface area (Å²) >= 11 is 0. The van der Waals surface area contributed by atoms with E-state index in [0.717, 1.165) is 44.9 Å². The van der Waals surface area contributed by atoms with E-state index in [1.165, 1.54) is 0 Å².